The molecule has 0 aromatic rings. The van der Waals surface area contributed by atoms with Crippen LogP contribution >= 0.6 is 0 Å². The first-order valence-electron chi connectivity index (χ1n) is 9.64. The van der Waals surface area contributed by atoms with Gasteiger partial charge >= 0.3 is 183 Å². The van der Waals surface area contributed by atoms with E-state index in [1.165, 1.54) is 37.8 Å². The van der Waals surface area contributed by atoms with E-state index in [0.717, 1.165) is 0 Å². The zero-order valence-corrected chi connectivity index (χ0v) is 24.2. The first-order valence-corrected chi connectivity index (χ1v) is 22.1. The summed E-state index contributed by atoms with van der Waals surface area (Å²) in [4.78, 5) is 0. The summed E-state index contributed by atoms with van der Waals surface area (Å²) in [6, 6.07) is 0. The Balaban J connectivity index is -0.000000111. The van der Waals surface area contributed by atoms with Crippen molar-refractivity contribution in [1.82, 2.24) is 0 Å². The van der Waals surface area contributed by atoms with Crippen LogP contribution in [0, 0.1) is 0 Å². The standard InChI is InChI=1S/8C2H5.4H2N.4Ti/c8*1-2;;;;;;;;/h8*1H2,2H3;4*1H2;;;;/q;;;;;;;;4*-1;4*+1. The van der Waals surface area contributed by atoms with Gasteiger partial charge in [-0.15, -0.1) is 0 Å². The molecule has 8 N–H and O–H groups in total. The second-order valence-electron chi connectivity index (χ2n) is 5.46. The molecule has 8 heteroatoms. The van der Waals surface area contributed by atoms with Gasteiger partial charge in [0, 0.05) is 0 Å². The second kappa shape index (κ2) is 30.4. The quantitative estimate of drug-likeness (QED) is 0.343. The van der Waals surface area contributed by atoms with Gasteiger partial charge in [-0.2, -0.15) is 0 Å². The van der Waals surface area contributed by atoms with Crippen LogP contribution in [0.2, 0.25) is 37.8 Å². The second-order valence-corrected chi connectivity index (χ2v) is 22.5. The van der Waals surface area contributed by atoms with E-state index >= 15 is 0 Å². The summed E-state index contributed by atoms with van der Waals surface area (Å²) in [5, 5.41) is 0. The predicted octanol–water partition coefficient (Wildman–Crippen LogP) is 5.42. The summed E-state index contributed by atoms with van der Waals surface area (Å²) in [7, 11) is 0. The Morgan fingerprint density at radius 1 is 0.333 bits per heavy atom. The average molecular weight is 488 g/mol. The first-order chi connectivity index (χ1) is 11.2. The van der Waals surface area contributed by atoms with Crippen LogP contribution in [0.15, 0.2) is 0 Å². The van der Waals surface area contributed by atoms with Gasteiger partial charge in [0.15, 0.2) is 0 Å². The molecule has 0 unspecified atom stereocenters. The molecule has 0 aliphatic carbocycles. The van der Waals surface area contributed by atoms with Crippen LogP contribution in [-0.2, 0) is 72.5 Å². The van der Waals surface area contributed by atoms with Crippen molar-refractivity contribution in [3.8, 4) is 0 Å². The molecule has 148 valence electrons. The van der Waals surface area contributed by atoms with E-state index in [-0.39, 0.29) is 0 Å². The van der Waals surface area contributed by atoms with Crippen molar-refractivity contribution in [1.29, 1.82) is 0 Å². The molecule has 0 saturated heterocycles. The summed E-state index contributed by atoms with van der Waals surface area (Å²) in [5.41, 5.74) is 0. The maximum atomic E-state index is 5.64. The molecule has 0 heterocycles. The van der Waals surface area contributed by atoms with Crippen molar-refractivity contribution < 1.29 is 72.5 Å². The van der Waals surface area contributed by atoms with Crippen LogP contribution in [0.1, 0.15) is 55.4 Å². The molecule has 24 heavy (non-hydrogen) atoms. The summed E-state index contributed by atoms with van der Waals surface area (Å²) in [6.45, 7) is 17.4. The Morgan fingerprint density at radius 2 is 0.417 bits per heavy atom. The molecule has 0 aromatic heterocycles. The van der Waals surface area contributed by atoms with Crippen LogP contribution in [0.5, 0.6) is 0 Å². The van der Waals surface area contributed by atoms with E-state index in [9.17, 15) is 0 Å². The minimum atomic E-state index is -0.880. The third-order valence-electron chi connectivity index (χ3n) is 3.63. The predicted molar refractivity (Wildman–Crippen MR) is 101 cm³/mol. The van der Waals surface area contributed by atoms with Crippen LogP contribution in [0.3, 0.4) is 0 Å². The molecule has 0 fully saturated rings. The van der Waals surface area contributed by atoms with Gasteiger partial charge in [0.25, 0.3) is 0 Å². The molecular weight excluding hydrogens is 440 g/mol. The maximum absolute atomic E-state index is 5.64. The molecular formula is C16H48N4Ti4. The number of rotatable bonds is 8. The summed E-state index contributed by atoms with van der Waals surface area (Å²) >= 11 is -3.52. The van der Waals surface area contributed by atoms with Crippen LogP contribution in [0.25, 0.3) is 0 Å². The fourth-order valence-electron chi connectivity index (χ4n) is 1.000. The normalized spacial score (nSPS) is 8.50. The van der Waals surface area contributed by atoms with E-state index in [1.807, 2.05) is 0 Å². The SMILES string of the molecule is C[CH2][Ti]([NH2])[CH2]C.C[CH2][Ti]([NH2])[CH2]C.C[CH2][Ti]([NH2])[CH2]C.C[CH2][Ti]([NH2])[CH2]C. The molecule has 0 saturated carbocycles. The van der Waals surface area contributed by atoms with Crippen LogP contribution in [0.4, 0.5) is 0 Å². The van der Waals surface area contributed by atoms with Gasteiger partial charge in [-0.3, -0.25) is 0 Å². The summed E-state index contributed by atoms with van der Waals surface area (Å²) in [5.74, 6) is 0. The summed E-state index contributed by atoms with van der Waals surface area (Å²) in [6.07, 6.45) is 0. The molecule has 0 aliphatic rings. The third kappa shape index (κ3) is 39.7. The zero-order chi connectivity index (χ0) is 20.0. The number of nitrogens with two attached hydrogens (primary N) is 4. The molecule has 4 nitrogen and oxygen atoms in total. The third-order valence-corrected chi connectivity index (χ3v) is 15.0. The zero-order valence-electron chi connectivity index (χ0n) is 18.0. The Bertz CT molecular complexity index is 147. The van der Waals surface area contributed by atoms with Crippen molar-refractivity contribution in [2.75, 3.05) is 0 Å². The van der Waals surface area contributed by atoms with Gasteiger partial charge in [0.1, 0.15) is 0 Å². The Morgan fingerprint density at radius 3 is 0.417 bits per heavy atom. The van der Waals surface area contributed by atoms with Crippen molar-refractivity contribution in [2.45, 2.75) is 93.2 Å². The van der Waals surface area contributed by atoms with Crippen molar-refractivity contribution in [3.05, 3.63) is 0 Å². The molecule has 0 atom stereocenters. The van der Waals surface area contributed by atoms with E-state index < -0.39 is 72.5 Å². The van der Waals surface area contributed by atoms with Gasteiger partial charge in [-0.05, 0) is 0 Å². The number of hydrogen-bond acceptors (Lipinski definition) is 4. The van der Waals surface area contributed by atoms with E-state index in [4.69, 9.17) is 16.9 Å². The van der Waals surface area contributed by atoms with E-state index in [1.54, 1.807) is 0 Å². The minimum absolute atomic E-state index is 0.880. The first kappa shape index (κ1) is 34.2. The van der Waals surface area contributed by atoms with Crippen LogP contribution < -0.4 is 16.9 Å². The summed E-state index contributed by atoms with van der Waals surface area (Å²) < 4.78 is 32.8. The topological polar surface area (TPSA) is 104 Å². The molecule has 0 bridgehead atoms. The van der Waals surface area contributed by atoms with Gasteiger partial charge in [-0.25, -0.2) is 0 Å². The van der Waals surface area contributed by atoms with E-state index in [0.29, 0.717) is 0 Å². The van der Waals surface area contributed by atoms with Gasteiger partial charge in [0.2, 0.25) is 0 Å². The van der Waals surface area contributed by atoms with Gasteiger partial charge in [-0.1, -0.05) is 0 Å². The Labute approximate surface area is 180 Å². The van der Waals surface area contributed by atoms with Crippen LogP contribution in [-0.4, -0.2) is 0 Å². The monoisotopic (exact) mass is 488 g/mol. The number of hydrogen-bond donors (Lipinski definition) is 4. The molecule has 0 aromatic carbocycles. The Kier molecular flexibility index (Phi) is 43.4. The van der Waals surface area contributed by atoms with Gasteiger partial charge < -0.3 is 0 Å². The fourth-order valence-corrected chi connectivity index (χ4v) is 4.12. The molecule has 0 aliphatic heterocycles. The Hall–Kier alpha value is 2.70. The van der Waals surface area contributed by atoms with E-state index in [2.05, 4.69) is 55.4 Å². The van der Waals surface area contributed by atoms with Gasteiger partial charge in [0.05, 0.1) is 0 Å². The molecule has 0 rings (SSSR count). The fraction of sp³-hybridized carbons (Fsp3) is 1.00. The van der Waals surface area contributed by atoms with Crippen molar-refractivity contribution in [2.24, 2.45) is 16.9 Å². The van der Waals surface area contributed by atoms with Crippen molar-refractivity contribution >= 4 is 0 Å². The van der Waals surface area contributed by atoms with Crippen molar-refractivity contribution in [3.63, 3.8) is 0 Å². The molecule has 0 amide bonds. The molecule has 0 radical (unpaired) electrons. The molecule has 0 spiro atoms. The average Bonchev–Trinajstić information content (AvgIpc) is 2.66.